The van der Waals surface area contributed by atoms with Crippen molar-refractivity contribution in [3.63, 3.8) is 0 Å². The maximum atomic E-state index is 5.47. The minimum atomic E-state index is 0.634. The van der Waals surface area contributed by atoms with Crippen molar-refractivity contribution in [1.29, 1.82) is 0 Å². The maximum absolute atomic E-state index is 5.47. The Morgan fingerprint density at radius 1 is 1.00 bits per heavy atom. The fourth-order valence-corrected chi connectivity index (χ4v) is 4.27. The zero-order chi connectivity index (χ0) is 15.8. The molecule has 0 spiro atoms. The summed E-state index contributed by atoms with van der Waals surface area (Å²) in [7, 11) is 3.32. The maximum Gasteiger partial charge on any atom is 0.162 e. The Balaban J connectivity index is 1.80. The lowest BCUT2D eigenvalue weighted by Crippen LogP contribution is -2.35. The van der Waals surface area contributed by atoms with Gasteiger partial charge in [0, 0.05) is 24.0 Å². The molecule has 0 radical (unpaired) electrons. The summed E-state index contributed by atoms with van der Waals surface area (Å²) in [6.45, 7) is 1.09. The fraction of sp³-hybridized carbons (Fsp3) is 0.556. The van der Waals surface area contributed by atoms with E-state index in [2.05, 4.69) is 14.9 Å². The Bertz CT molecular complexity index is 719. The molecule has 1 aliphatic heterocycles. The lowest BCUT2D eigenvalue weighted by Gasteiger charge is -2.32. The molecule has 0 N–H and O–H groups in total. The first kappa shape index (κ1) is 14.5. The zero-order valence-electron chi connectivity index (χ0n) is 13.8. The monoisotopic (exact) mass is 313 g/mol. The SMILES string of the molecule is COc1cc2ncnc(N3CCC4CCCCC43)c2cc1OC. The Morgan fingerprint density at radius 3 is 2.61 bits per heavy atom. The van der Waals surface area contributed by atoms with Crippen molar-refractivity contribution in [1.82, 2.24) is 9.97 Å². The van der Waals surface area contributed by atoms with E-state index in [4.69, 9.17) is 9.47 Å². The van der Waals surface area contributed by atoms with Gasteiger partial charge in [-0.1, -0.05) is 12.8 Å². The summed E-state index contributed by atoms with van der Waals surface area (Å²) in [4.78, 5) is 11.6. The smallest absolute Gasteiger partial charge is 0.162 e. The predicted octanol–water partition coefficient (Wildman–Crippen LogP) is 3.42. The molecule has 2 aliphatic rings. The van der Waals surface area contributed by atoms with Crippen molar-refractivity contribution >= 4 is 16.7 Å². The second-order valence-electron chi connectivity index (χ2n) is 6.52. The molecule has 1 saturated heterocycles. The van der Waals surface area contributed by atoms with Gasteiger partial charge in [0.25, 0.3) is 0 Å². The van der Waals surface area contributed by atoms with Crippen LogP contribution in [0.25, 0.3) is 10.9 Å². The van der Waals surface area contributed by atoms with Crippen molar-refractivity contribution in [3.05, 3.63) is 18.5 Å². The molecule has 4 rings (SSSR count). The van der Waals surface area contributed by atoms with E-state index in [-0.39, 0.29) is 0 Å². The number of fused-ring (bicyclic) bond motifs is 2. The van der Waals surface area contributed by atoms with Gasteiger partial charge in [-0.05, 0) is 31.2 Å². The van der Waals surface area contributed by atoms with Gasteiger partial charge >= 0.3 is 0 Å². The quantitative estimate of drug-likeness (QED) is 0.869. The topological polar surface area (TPSA) is 47.5 Å². The van der Waals surface area contributed by atoms with E-state index < -0.39 is 0 Å². The number of methoxy groups -OCH3 is 2. The minimum Gasteiger partial charge on any atom is -0.493 e. The number of aromatic nitrogens is 2. The van der Waals surface area contributed by atoms with Gasteiger partial charge in [-0.2, -0.15) is 0 Å². The number of rotatable bonds is 3. The summed E-state index contributed by atoms with van der Waals surface area (Å²) in [5, 5.41) is 1.05. The standard InChI is InChI=1S/C18H23N3O2/c1-22-16-9-13-14(10-17(16)23-2)19-11-20-18(13)21-8-7-12-5-3-4-6-15(12)21/h9-12,15H,3-8H2,1-2H3. The van der Waals surface area contributed by atoms with Crippen LogP contribution >= 0.6 is 0 Å². The summed E-state index contributed by atoms with van der Waals surface area (Å²) in [6.07, 6.45) is 8.30. The number of hydrogen-bond acceptors (Lipinski definition) is 5. The van der Waals surface area contributed by atoms with E-state index in [1.807, 2.05) is 12.1 Å². The molecule has 2 heterocycles. The highest BCUT2D eigenvalue weighted by Gasteiger charge is 2.37. The van der Waals surface area contributed by atoms with Crippen molar-refractivity contribution in [2.24, 2.45) is 5.92 Å². The van der Waals surface area contributed by atoms with Crippen LogP contribution in [0.4, 0.5) is 5.82 Å². The first-order valence-corrected chi connectivity index (χ1v) is 8.45. The molecule has 122 valence electrons. The van der Waals surface area contributed by atoms with E-state index in [1.54, 1.807) is 20.5 Å². The molecule has 1 aliphatic carbocycles. The molecule has 5 nitrogen and oxygen atoms in total. The molecule has 2 aromatic rings. The van der Waals surface area contributed by atoms with Crippen LogP contribution in [0.3, 0.4) is 0 Å². The number of hydrogen-bond donors (Lipinski definition) is 0. The molecule has 1 saturated carbocycles. The van der Waals surface area contributed by atoms with E-state index in [1.165, 1.54) is 32.1 Å². The fourth-order valence-electron chi connectivity index (χ4n) is 4.27. The first-order valence-electron chi connectivity index (χ1n) is 8.45. The second kappa shape index (κ2) is 5.87. The Morgan fingerprint density at radius 2 is 1.78 bits per heavy atom. The van der Waals surface area contributed by atoms with Crippen molar-refractivity contribution in [2.45, 2.75) is 38.1 Å². The molecule has 5 heteroatoms. The molecule has 1 aromatic carbocycles. The lowest BCUT2D eigenvalue weighted by atomic mass is 9.85. The third-order valence-electron chi connectivity index (χ3n) is 5.40. The third-order valence-corrected chi connectivity index (χ3v) is 5.40. The Kier molecular flexibility index (Phi) is 3.71. The summed E-state index contributed by atoms with van der Waals surface area (Å²) in [6, 6.07) is 4.59. The minimum absolute atomic E-state index is 0.634. The summed E-state index contributed by atoms with van der Waals surface area (Å²) < 4.78 is 10.9. The van der Waals surface area contributed by atoms with Gasteiger partial charge in [0.05, 0.1) is 19.7 Å². The summed E-state index contributed by atoms with van der Waals surface area (Å²) in [5.41, 5.74) is 0.909. The number of benzene rings is 1. The molecule has 23 heavy (non-hydrogen) atoms. The molecule has 2 atom stereocenters. The Labute approximate surface area is 136 Å². The van der Waals surface area contributed by atoms with Crippen LogP contribution in [0.2, 0.25) is 0 Å². The second-order valence-corrected chi connectivity index (χ2v) is 6.52. The molecule has 1 aromatic heterocycles. The Hall–Kier alpha value is -2.04. The largest absolute Gasteiger partial charge is 0.493 e. The van der Waals surface area contributed by atoms with E-state index in [0.29, 0.717) is 11.8 Å². The van der Waals surface area contributed by atoms with E-state index in [0.717, 1.165) is 34.9 Å². The van der Waals surface area contributed by atoms with Crippen LogP contribution < -0.4 is 14.4 Å². The van der Waals surface area contributed by atoms with Gasteiger partial charge in [-0.3, -0.25) is 0 Å². The summed E-state index contributed by atoms with van der Waals surface area (Å²) in [5.74, 6) is 3.32. The van der Waals surface area contributed by atoms with E-state index >= 15 is 0 Å². The predicted molar refractivity (Wildman–Crippen MR) is 90.4 cm³/mol. The zero-order valence-corrected chi connectivity index (χ0v) is 13.8. The average molecular weight is 313 g/mol. The van der Waals surface area contributed by atoms with Crippen LogP contribution in [-0.2, 0) is 0 Å². The van der Waals surface area contributed by atoms with Gasteiger partial charge in [0.15, 0.2) is 11.5 Å². The molecule has 2 fully saturated rings. The van der Waals surface area contributed by atoms with E-state index in [9.17, 15) is 0 Å². The highest BCUT2D eigenvalue weighted by atomic mass is 16.5. The molecular weight excluding hydrogens is 290 g/mol. The molecule has 0 amide bonds. The number of ether oxygens (including phenoxy) is 2. The van der Waals surface area contributed by atoms with Gasteiger partial charge in [-0.15, -0.1) is 0 Å². The van der Waals surface area contributed by atoms with Crippen molar-refractivity contribution in [3.8, 4) is 11.5 Å². The van der Waals surface area contributed by atoms with Crippen LogP contribution in [0.5, 0.6) is 11.5 Å². The highest BCUT2D eigenvalue weighted by Crippen LogP contribution is 2.41. The number of anilines is 1. The molecule has 0 bridgehead atoms. The van der Waals surface area contributed by atoms with Gasteiger partial charge < -0.3 is 14.4 Å². The van der Waals surface area contributed by atoms with Crippen LogP contribution in [-0.4, -0.2) is 36.8 Å². The third kappa shape index (κ3) is 2.38. The molecule has 2 unspecified atom stereocenters. The van der Waals surface area contributed by atoms with Gasteiger partial charge in [0.2, 0.25) is 0 Å². The normalized spacial score (nSPS) is 23.8. The van der Waals surface area contributed by atoms with Crippen molar-refractivity contribution < 1.29 is 9.47 Å². The van der Waals surface area contributed by atoms with Crippen LogP contribution in [0.1, 0.15) is 32.1 Å². The van der Waals surface area contributed by atoms with Gasteiger partial charge in [0.1, 0.15) is 12.1 Å². The van der Waals surface area contributed by atoms with Crippen LogP contribution in [0.15, 0.2) is 18.5 Å². The van der Waals surface area contributed by atoms with Crippen LogP contribution in [0, 0.1) is 5.92 Å². The average Bonchev–Trinajstić information content (AvgIpc) is 3.03. The lowest BCUT2D eigenvalue weighted by molar-refractivity contribution is 0.341. The number of nitrogens with zero attached hydrogens (tertiary/aromatic N) is 3. The summed E-state index contributed by atoms with van der Waals surface area (Å²) >= 11 is 0. The first-order chi connectivity index (χ1) is 11.3. The van der Waals surface area contributed by atoms with Crippen molar-refractivity contribution in [2.75, 3.05) is 25.7 Å². The highest BCUT2D eigenvalue weighted by molar-refractivity contribution is 5.92. The van der Waals surface area contributed by atoms with Gasteiger partial charge in [-0.25, -0.2) is 9.97 Å². The molecular formula is C18H23N3O2.